The van der Waals surface area contributed by atoms with E-state index in [2.05, 4.69) is 54.8 Å². The first-order valence-electron chi connectivity index (χ1n) is 30.2. The van der Waals surface area contributed by atoms with Crippen molar-refractivity contribution in [3.63, 3.8) is 0 Å². The Morgan fingerprint density at radius 2 is 1.05 bits per heavy atom. The van der Waals surface area contributed by atoms with Crippen LogP contribution in [0.2, 0.25) is 0 Å². The van der Waals surface area contributed by atoms with Crippen LogP contribution in [0.3, 0.4) is 0 Å². The van der Waals surface area contributed by atoms with Crippen molar-refractivity contribution in [2.75, 3.05) is 33.7 Å². The predicted molar refractivity (Wildman–Crippen MR) is 320 cm³/mol. The average molecular weight is 1210 g/mol. The molecule has 0 aromatic heterocycles. The standard InChI is InChI=1S/C61H102F3N11O10/c1-17-18-19-20-21-22-24-43(67-53(81)47-25-23-32-75(47)54(82)41-26-28-42(29-27-41)61(62,63)64)49(77)68-45(34-38(4)5)51(79)71-59(11,12)56(84)70-44(33-37(2)3)50(78)69-46(35-39(6)7)52(80)72-60(13,14)57(85)73-58(9,10)55(83)65-31-30-48(76)66-40(8)36-74(15)16/h26-29,37-40,43-47H,17-25,30-36H2,1-16H3,(H,65,83)(H,66,76)(H,67,81)(H,68,77)(H,69,78)(H,70,84)(H,71,79)(H,72,80)(H,73,85)/t40-,43-,44-,45-,46-,47-/m0/s1. The first kappa shape index (κ1) is 74.8. The van der Waals surface area contributed by atoms with Crippen LogP contribution in [-0.2, 0) is 49.3 Å². The average Bonchev–Trinajstić information content (AvgIpc) is 4.15. The van der Waals surface area contributed by atoms with Gasteiger partial charge >= 0.3 is 6.18 Å². The van der Waals surface area contributed by atoms with Gasteiger partial charge < -0.3 is 57.7 Å². The number of hydrogen-bond donors (Lipinski definition) is 9. The Balaban J connectivity index is 2.27. The Labute approximate surface area is 502 Å². The molecule has 6 atom stereocenters. The zero-order chi connectivity index (χ0) is 64.8. The highest BCUT2D eigenvalue weighted by Crippen LogP contribution is 2.30. The van der Waals surface area contributed by atoms with Crippen molar-refractivity contribution in [3.05, 3.63) is 35.4 Å². The topological polar surface area (TPSA) is 285 Å². The van der Waals surface area contributed by atoms with E-state index in [4.69, 9.17) is 0 Å². The van der Waals surface area contributed by atoms with Crippen LogP contribution in [0.5, 0.6) is 0 Å². The molecule has 0 aliphatic carbocycles. The van der Waals surface area contributed by atoms with Crippen LogP contribution in [-0.4, -0.2) is 155 Å². The summed E-state index contributed by atoms with van der Waals surface area (Å²) >= 11 is 0. The lowest BCUT2D eigenvalue weighted by Crippen LogP contribution is -2.65. The fourth-order valence-corrected chi connectivity index (χ4v) is 9.76. The van der Waals surface area contributed by atoms with Gasteiger partial charge in [0.15, 0.2) is 0 Å². The maximum atomic E-state index is 14.3. The highest BCUT2D eigenvalue weighted by Gasteiger charge is 2.42. The number of carbonyl (C=O) groups excluding carboxylic acids is 10. The molecule has 9 N–H and O–H groups in total. The second-order valence-electron chi connectivity index (χ2n) is 25.9. The van der Waals surface area contributed by atoms with E-state index in [1.54, 1.807) is 0 Å². The molecule has 0 unspecified atom stereocenters. The van der Waals surface area contributed by atoms with Crippen LogP contribution in [0.25, 0.3) is 0 Å². The monoisotopic (exact) mass is 1210 g/mol. The Morgan fingerprint density at radius 3 is 1.54 bits per heavy atom. The molecule has 1 heterocycles. The lowest BCUT2D eigenvalue weighted by atomic mass is 9.96. The molecule has 1 aromatic carbocycles. The number of amides is 10. The minimum absolute atomic E-state index is 0.0127. The van der Waals surface area contributed by atoms with Gasteiger partial charge in [-0.1, -0.05) is 87.0 Å². The Morgan fingerprint density at radius 1 is 0.576 bits per heavy atom. The minimum atomic E-state index is -4.61. The molecule has 0 radical (unpaired) electrons. The van der Waals surface area contributed by atoms with E-state index in [0.29, 0.717) is 19.4 Å². The molecule has 1 aliphatic rings. The molecule has 10 amide bonds. The summed E-state index contributed by atoms with van der Waals surface area (Å²) in [5.74, 6) is -6.81. The van der Waals surface area contributed by atoms with Crippen LogP contribution in [0, 0.1) is 17.8 Å². The Bertz CT molecular complexity index is 2410. The Hall–Kier alpha value is -6.33. The van der Waals surface area contributed by atoms with Crippen LogP contribution >= 0.6 is 0 Å². The quantitative estimate of drug-likeness (QED) is 0.0388. The summed E-state index contributed by atoms with van der Waals surface area (Å²) in [6, 6.07) is -2.14. The number of halogens is 3. The van der Waals surface area contributed by atoms with Gasteiger partial charge in [-0.05, 0) is 143 Å². The number of rotatable bonds is 35. The summed E-state index contributed by atoms with van der Waals surface area (Å²) in [4.78, 5) is 141. The van der Waals surface area contributed by atoms with Crippen LogP contribution in [0.1, 0.15) is 196 Å². The first-order chi connectivity index (χ1) is 39.3. The van der Waals surface area contributed by atoms with Gasteiger partial charge in [0, 0.05) is 37.7 Å². The van der Waals surface area contributed by atoms with Gasteiger partial charge in [0.05, 0.1) is 5.56 Å². The van der Waals surface area contributed by atoms with E-state index in [1.807, 2.05) is 67.5 Å². The number of nitrogens with zero attached hydrogens (tertiary/aromatic N) is 2. The zero-order valence-electron chi connectivity index (χ0n) is 53.4. The molecule has 24 heteroatoms. The fourth-order valence-electron chi connectivity index (χ4n) is 9.76. The fraction of sp³-hybridized carbons (Fsp3) is 0.738. The van der Waals surface area contributed by atoms with E-state index in [-0.39, 0.29) is 86.9 Å². The van der Waals surface area contributed by atoms with Gasteiger partial charge in [0.2, 0.25) is 53.2 Å². The smallest absolute Gasteiger partial charge is 0.354 e. The van der Waals surface area contributed by atoms with Gasteiger partial charge in [-0.15, -0.1) is 0 Å². The van der Waals surface area contributed by atoms with E-state index in [9.17, 15) is 61.1 Å². The van der Waals surface area contributed by atoms with Gasteiger partial charge in [0.25, 0.3) is 5.91 Å². The maximum Gasteiger partial charge on any atom is 0.416 e. The van der Waals surface area contributed by atoms with Crippen molar-refractivity contribution >= 4 is 59.1 Å². The molecule has 1 aromatic rings. The Kier molecular flexibility index (Phi) is 30.0. The van der Waals surface area contributed by atoms with Crippen molar-refractivity contribution in [3.8, 4) is 0 Å². The molecule has 85 heavy (non-hydrogen) atoms. The zero-order valence-corrected chi connectivity index (χ0v) is 53.4. The van der Waals surface area contributed by atoms with Gasteiger partial charge in [-0.3, -0.25) is 47.9 Å². The SMILES string of the molecule is CCCCCCCC[C@H](NC(=O)[C@@H]1CCCN1C(=O)c1ccc(C(F)(F)F)cc1)C(=O)N[C@@H](CC(C)C)C(=O)NC(C)(C)C(=O)N[C@@H](CC(C)C)C(=O)N[C@@H](CC(C)C)C(=O)NC(C)(C)C(=O)NC(C)(C)C(=O)NCCC(=O)N[C@@H](C)CN(C)C. The van der Waals surface area contributed by atoms with E-state index in [0.717, 1.165) is 56.4 Å². The van der Waals surface area contributed by atoms with E-state index in [1.165, 1.54) is 46.4 Å². The number of unbranched alkanes of at least 4 members (excludes halogenated alkanes) is 5. The molecule has 2 rings (SSSR count). The van der Waals surface area contributed by atoms with Crippen molar-refractivity contribution in [1.29, 1.82) is 0 Å². The number of hydrogen-bond acceptors (Lipinski definition) is 11. The number of likely N-dealkylation sites (tertiary alicyclic amines) is 1. The van der Waals surface area contributed by atoms with Crippen molar-refractivity contribution < 1.29 is 61.1 Å². The number of nitrogens with one attached hydrogen (secondary N) is 9. The lowest BCUT2D eigenvalue weighted by molar-refractivity contribution is -0.139. The second-order valence-corrected chi connectivity index (χ2v) is 25.9. The van der Waals surface area contributed by atoms with Crippen LogP contribution < -0.4 is 47.9 Å². The molecule has 0 bridgehead atoms. The third-order valence-electron chi connectivity index (χ3n) is 14.4. The second kappa shape index (κ2) is 34.1. The molecule has 0 saturated carbocycles. The molecule has 1 saturated heterocycles. The number of likely N-dealkylation sites (N-methyl/N-ethyl adjacent to an activating group) is 1. The highest BCUT2D eigenvalue weighted by atomic mass is 19.4. The van der Waals surface area contributed by atoms with Crippen molar-refractivity contribution in [2.45, 2.75) is 239 Å². The van der Waals surface area contributed by atoms with E-state index >= 15 is 0 Å². The normalized spacial score (nSPS) is 15.8. The highest BCUT2D eigenvalue weighted by molar-refractivity contribution is 6.01. The molecule has 1 fully saturated rings. The van der Waals surface area contributed by atoms with E-state index < -0.39 is 112 Å². The largest absolute Gasteiger partial charge is 0.416 e. The lowest BCUT2D eigenvalue weighted by Gasteiger charge is -2.34. The first-order valence-corrected chi connectivity index (χ1v) is 30.2. The predicted octanol–water partition coefficient (Wildman–Crippen LogP) is 5.40. The van der Waals surface area contributed by atoms with Gasteiger partial charge in [0.1, 0.15) is 46.8 Å². The molecule has 21 nitrogen and oxygen atoms in total. The summed E-state index contributed by atoms with van der Waals surface area (Å²) in [6.07, 6.45) is 1.87. The number of benzene rings is 1. The van der Waals surface area contributed by atoms with Gasteiger partial charge in [-0.2, -0.15) is 13.2 Å². The minimum Gasteiger partial charge on any atom is -0.354 e. The summed E-state index contributed by atoms with van der Waals surface area (Å²) in [6.45, 7) is 24.5. The van der Waals surface area contributed by atoms with Crippen LogP contribution in [0.15, 0.2) is 24.3 Å². The van der Waals surface area contributed by atoms with Crippen molar-refractivity contribution in [2.24, 2.45) is 17.8 Å². The summed E-state index contributed by atoms with van der Waals surface area (Å²) in [5.41, 5.74) is -5.72. The summed E-state index contributed by atoms with van der Waals surface area (Å²) < 4.78 is 39.9. The number of carbonyl (C=O) groups is 10. The van der Waals surface area contributed by atoms with Crippen LogP contribution in [0.4, 0.5) is 13.2 Å². The molecule has 0 spiro atoms. The summed E-state index contributed by atoms with van der Waals surface area (Å²) in [7, 11) is 3.77. The molecule has 482 valence electrons. The maximum absolute atomic E-state index is 14.3. The number of alkyl halides is 3. The summed E-state index contributed by atoms with van der Waals surface area (Å²) in [5, 5.41) is 24.8. The molecule has 1 aliphatic heterocycles. The molecular weight excluding hydrogens is 1100 g/mol. The third-order valence-corrected chi connectivity index (χ3v) is 14.4. The third kappa shape index (κ3) is 26.0. The van der Waals surface area contributed by atoms with Gasteiger partial charge in [-0.25, -0.2) is 0 Å². The molecular formula is C61H102F3N11O10. The van der Waals surface area contributed by atoms with Crippen molar-refractivity contribution in [1.82, 2.24) is 57.7 Å².